The molecule has 1 spiro atoms. The van der Waals surface area contributed by atoms with Gasteiger partial charge in [-0.1, -0.05) is 0 Å². The Morgan fingerprint density at radius 3 is 2.83 bits per heavy atom. The van der Waals surface area contributed by atoms with E-state index in [1.807, 2.05) is 4.90 Å². The first-order valence-electron chi connectivity index (χ1n) is 9.05. The number of nitrogens with zero attached hydrogens (tertiary/aromatic N) is 2. The highest BCUT2D eigenvalue weighted by molar-refractivity contribution is 5.86. The minimum Gasteiger partial charge on any atom is -0.392 e. The van der Waals surface area contributed by atoms with Crippen LogP contribution in [0.25, 0.3) is 0 Å². The van der Waals surface area contributed by atoms with Crippen LogP contribution < -0.4 is 5.32 Å². The second kappa shape index (κ2) is 7.09. The smallest absolute Gasteiger partial charge is 0.230 e. The standard InChI is InChI=1S/C17H27N3O4/c21-13-6-11-20(12-17(13)7-3-8-18-16(17)24)15(23)5-2-10-19-9-1-4-14(19)22/h13,21H,1-12H2,(H,18,24)/t13-,17-/m1/s1. The molecule has 3 heterocycles. The van der Waals surface area contributed by atoms with Gasteiger partial charge < -0.3 is 20.2 Å². The van der Waals surface area contributed by atoms with Gasteiger partial charge in [0, 0.05) is 45.6 Å². The van der Waals surface area contributed by atoms with E-state index < -0.39 is 11.5 Å². The van der Waals surface area contributed by atoms with Gasteiger partial charge in [0.2, 0.25) is 17.7 Å². The van der Waals surface area contributed by atoms with Gasteiger partial charge in [-0.2, -0.15) is 0 Å². The van der Waals surface area contributed by atoms with Gasteiger partial charge in [-0.05, 0) is 32.1 Å². The third kappa shape index (κ3) is 3.27. The molecular weight excluding hydrogens is 310 g/mol. The van der Waals surface area contributed by atoms with Crippen molar-refractivity contribution in [2.75, 3.05) is 32.7 Å². The van der Waals surface area contributed by atoms with Crippen LogP contribution in [-0.2, 0) is 14.4 Å². The second-order valence-corrected chi connectivity index (χ2v) is 7.22. The zero-order chi connectivity index (χ0) is 17.2. The Balaban J connectivity index is 1.53. The lowest BCUT2D eigenvalue weighted by Crippen LogP contribution is -2.62. The van der Waals surface area contributed by atoms with Crippen LogP contribution in [0.5, 0.6) is 0 Å². The number of hydrogen-bond acceptors (Lipinski definition) is 4. The van der Waals surface area contributed by atoms with Crippen LogP contribution in [0.3, 0.4) is 0 Å². The minimum absolute atomic E-state index is 0.0197. The van der Waals surface area contributed by atoms with Gasteiger partial charge in [0.05, 0.1) is 11.5 Å². The van der Waals surface area contributed by atoms with Crippen molar-refractivity contribution in [1.82, 2.24) is 15.1 Å². The Kier molecular flexibility index (Phi) is 5.08. The molecule has 3 saturated heterocycles. The van der Waals surface area contributed by atoms with Gasteiger partial charge in [-0.15, -0.1) is 0 Å². The van der Waals surface area contributed by atoms with E-state index in [0.29, 0.717) is 58.3 Å². The first-order valence-corrected chi connectivity index (χ1v) is 9.05. The molecule has 2 atom stereocenters. The lowest BCUT2D eigenvalue weighted by Gasteiger charge is -2.46. The SMILES string of the molecule is O=C1CCCN1CCCC(=O)N1CC[C@@H](O)[C@@]2(CCCNC2=O)C1. The van der Waals surface area contributed by atoms with Gasteiger partial charge >= 0.3 is 0 Å². The number of likely N-dealkylation sites (tertiary alicyclic amines) is 2. The van der Waals surface area contributed by atoms with E-state index in [-0.39, 0.29) is 17.7 Å². The van der Waals surface area contributed by atoms with Gasteiger partial charge in [-0.3, -0.25) is 14.4 Å². The monoisotopic (exact) mass is 337 g/mol. The topological polar surface area (TPSA) is 90.0 Å². The number of carbonyl (C=O) groups excluding carboxylic acids is 3. The quantitative estimate of drug-likeness (QED) is 0.748. The summed E-state index contributed by atoms with van der Waals surface area (Å²) in [6.07, 6.45) is 3.81. The maximum atomic E-state index is 12.5. The molecule has 0 bridgehead atoms. The van der Waals surface area contributed by atoms with Crippen LogP contribution in [0, 0.1) is 5.41 Å². The lowest BCUT2D eigenvalue weighted by atomic mass is 9.71. The predicted molar refractivity (Wildman–Crippen MR) is 86.9 cm³/mol. The molecule has 0 aromatic carbocycles. The fourth-order valence-corrected chi connectivity index (χ4v) is 4.18. The molecule has 7 heteroatoms. The molecule has 134 valence electrons. The average molecular weight is 337 g/mol. The summed E-state index contributed by atoms with van der Waals surface area (Å²) in [5.41, 5.74) is -0.836. The summed E-state index contributed by atoms with van der Waals surface area (Å²) < 4.78 is 0. The molecule has 3 rings (SSSR count). The van der Waals surface area contributed by atoms with Crippen LogP contribution in [0.4, 0.5) is 0 Å². The highest BCUT2D eigenvalue weighted by Crippen LogP contribution is 2.37. The number of carbonyl (C=O) groups is 3. The summed E-state index contributed by atoms with van der Waals surface area (Å²) in [4.78, 5) is 40.0. The first kappa shape index (κ1) is 17.2. The number of hydrogen-bond donors (Lipinski definition) is 2. The zero-order valence-corrected chi connectivity index (χ0v) is 14.1. The number of aliphatic hydroxyl groups is 1. The van der Waals surface area contributed by atoms with Gasteiger partial charge in [-0.25, -0.2) is 0 Å². The van der Waals surface area contributed by atoms with Crippen molar-refractivity contribution < 1.29 is 19.5 Å². The van der Waals surface area contributed by atoms with Gasteiger partial charge in [0.1, 0.15) is 0 Å². The summed E-state index contributed by atoms with van der Waals surface area (Å²) in [5.74, 6) is 0.0779. The molecule has 3 aliphatic heterocycles. The molecule has 3 aliphatic rings. The van der Waals surface area contributed by atoms with Crippen molar-refractivity contribution in [2.45, 2.75) is 51.0 Å². The van der Waals surface area contributed by atoms with Crippen molar-refractivity contribution in [3.05, 3.63) is 0 Å². The Bertz CT molecular complexity index is 524. The Morgan fingerprint density at radius 1 is 1.29 bits per heavy atom. The van der Waals surface area contributed by atoms with Crippen LogP contribution in [-0.4, -0.2) is 71.5 Å². The van der Waals surface area contributed by atoms with Crippen molar-refractivity contribution in [1.29, 1.82) is 0 Å². The molecule has 3 amide bonds. The highest BCUT2D eigenvalue weighted by Gasteiger charge is 2.50. The number of piperidine rings is 2. The van der Waals surface area contributed by atoms with E-state index in [2.05, 4.69) is 5.32 Å². The molecule has 0 aromatic heterocycles. The van der Waals surface area contributed by atoms with Crippen LogP contribution in [0.1, 0.15) is 44.9 Å². The molecule has 0 radical (unpaired) electrons. The third-order valence-electron chi connectivity index (χ3n) is 5.66. The fraction of sp³-hybridized carbons (Fsp3) is 0.824. The summed E-state index contributed by atoms with van der Waals surface area (Å²) >= 11 is 0. The number of nitrogens with one attached hydrogen (secondary N) is 1. The highest BCUT2D eigenvalue weighted by atomic mass is 16.3. The molecule has 0 saturated carbocycles. The van der Waals surface area contributed by atoms with Crippen LogP contribution in [0.2, 0.25) is 0 Å². The zero-order valence-electron chi connectivity index (χ0n) is 14.1. The lowest BCUT2D eigenvalue weighted by molar-refractivity contribution is -0.155. The Hall–Kier alpha value is -1.63. The van der Waals surface area contributed by atoms with Gasteiger partial charge in [0.25, 0.3) is 0 Å². The number of aliphatic hydroxyl groups excluding tert-OH is 1. The van der Waals surface area contributed by atoms with E-state index in [9.17, 15) is 19.5 Å². The first-order chi connectivity index (χ1) is 11.5. The fourth-order valence-electron chi connectivity index (χ4n) is 4.18. The molecule has 24 heavy (non-hydrogen) atoms. The second-order valence-electron chi connectivity index (χ2n) is 7.22. The van der Waals surface area contributed by atoms with E-state index in [1.165, 1.54) is 0 Å². The summed E-state index contributed by atoms with van der Waals surface area (Å²) in [6, 6.07) is 0. The largest absolute Gasteiger partial charge is 0.392 e. The Labute approximate surface area is 142 Å². The molecule has 0 aromatic rings. The third-order valence-corrected chi connectivity index (χ3v) is 5.66. The minimum atomic E-state index is -0.836. The van der Waals surface area contributed by atoms with Gasteiger partial charge in [0.15, 0.2) is 0 Å². The van der Waals surface area contributed by atoms with E-state index in [4.69, 9.17) is 0 Å². The normalized spacial score (nSPS) is 30.8. The van der Waals surface area contributed by atoms with E-state index >= 15 is 0 Å². The number of rotatable bonds is 4. The summed E-state index contributed by atoms with van der Waals surface area (Å²) in [6.45, 7) is 2.88. The average Bonchev–Trinajstić information content (AvgIpc) is 2.98. The van der Waals surface area contributed by atoms with Crippen molar-refractivity contribution >= 4 is 17.7 Å². The van der Waals surface area contributed by atoms with Crippen molar-refractivity contribution in [2.24, 2.45) is 5.41 Å². The molecule has 2 N–H and O–H groups in total. The molecule has 3 fully saturated rings. The molecular formula is C17H27N3O4. The van der Waals surface area contributed by atoms with Crippen molar-refractivity contribution in [3.8, 4) is 0 Å². The summed E-state index contributed by atoms with van der Waals surface area (Å²) in [7, 11) is 0. The van der Waals surface area contributed by atoms with E-state index in [1.54, 1.807) is 4.90 Å². The maximum absolute atomic E-state index is 12.5. The molecule has 0 aliphatic carbocycles. The molecule has 0 unspecified atom stereocenters. The summed E-state index contributed by atoms with van der Waals surface area (Å²) in [5, 5.41) is 13.2. The van der Waals surface area contributed by atoms with E-state index in [0.717, 1.165) is 19.4 Å². The number of amides is 3. The van der Waals surface area contributed by atoms with Crippen LogP contribution in [0.15, 0.2) is 0 Å². The Morgan fingerprint density at radius 2 is 2.12 bits per heavy atom. The van der Waals surface area contributed by atoms with Crippen LogP contribution >= 0.6 is 0 Å². The molecule has 7 nitrogen and oxygen atoms in total. The van der Waals surface area contributed by atoms with Crippen molar-refractivity contribution in [3.63, 3.8) is 0 Å². The predicted octanol–water partition coefficient (Wildman–Crippen LogP) is -0.121. The maximum Gasteiger partial charge on any atom is 0.230 e.